The first kappa shape index (κ1) is 20.8. The molecule has 0 saturated heterocycles. The second-order valence-corrected chi connectivity index (χ2v) is 5.78. The minimum Gasteiger partial charge on any atom is -0.504 e. The van der Waals surface area contributed by atoms with E-state index < -0.39 is 5.97 Å². The third kappa shape index (κ3) is 7.06. The van der Waals surface area contributed by atoms with Gasteiger partial charge in [-0.15, -0.1) is 0 Å². The predicted octanol–water partition coefficient (Wildman–Crippen LogP) is 2.31. The van der Waals surface area contributed by atoms with Gasteiger partial charge in [-0.2, -0.15) is 0 Å². The van der Waals surface area contributed by atoms with Gasteiger partial charge in [-0.3, -0.25) is 0 Å². The van der Waals surface area contributed by atoms with Crippen molar-refractivity contribution >= 4 is 12.0 Å². The monoisotopic (exact) mass is 326 g/mol. The summed E-state index contributed by atoms with van der Waals surface area (Å²) >= 11 is 0. The highest BCUT2D eigenvalue weighted by Crippen LogP contribution is 2.34. The zero-order valence-corrected chi connectivity index (χ0v) is 13.8. The van der Waals surface area contributed by atoms with Crippen molar-refractivity contribution in [1.82, 2.24) is 0 Å². The minimum atomic E-state index is -0.428. The molecule has 1 aromatic rings. The lowest BCUT2D eigenvalue weighted by molar-refractivity contribution is -0.870. The van der Waals surface area contributed by atoms with Crippen LogP contribution in [0.15, 0.2) is 18.2 Å². The molecule has 1 aromatic carbocycles. The van der Waals surface area contributed by atoms with Gasteiger partial charge >= 0.3 is 5.97 Å². The molecule has 0 saturated carbocycles. The average Bonchev–Trinajstić information content (AvgIpc) is 2.44. The molecule has 0 amide bonds. The van der Waals surface area contributed by atoms with Crippen molar-refractivity contribution in [3.05, 3.63) is 23.8 Å². The molecule has 6 heteroatoms. The number of ether oxygens (including phenoxy) is 3. The smallest absolute Gasteiger partial charge is 0.330 e. The summed E-state index contributed by atoms with van der Waals surface area (Å²) in [6.07, 6.45) is 2.89. The number of benzene rings is 1. The zero-order chi connectivity index (χ0) is 16.8. The fraction of sp³-hybridized carbons (Fsp3) is 0.471. The van der Waals surface area contributed by atoms with Crippen LogP contribution in [-0.4, -0.2) is 64.1 Å². The number of carbonyl (C=O) groups is 1. The highest BCUT2D eigenvalue weighted by Gasteiger charge is 2.10. The maximum atomic E-state index is 11.7. The van der Waals surface area contributed by atoms with Gasteiger partial charge in [-0.25, -0.2) is 4.79 Å². The van der Waals surface area contributed by atoms with Crippen LogP contribution in [0, 0.1) is 0 Å². The second kappa shape index (κ2) is 9.05. The number of aromatic hydroxyl groups is 1. The molecule has 1 rings (SSSR count). The second-order valence-electron chi connectivity index (χ2n) is 5.78. The quantitative estimate of drug-likeness (QED) is 0.473. The summed E-state index contributed by atoms with van der Waals surface area (Å²) in [6, 6.07) is 3.02. The molecule has 130 valence electrons. The van der Waals surface area contributed by atoms with Gasteiger partial charge in [0.1, 0.15) is 18.9 Å². The van der Waals surface area contributed by atoms with E-state index in [0.717, 1.165) is 11.0 Å². The van der Waals surface area contributed by atoms with Crippen LogP contribution in [-0.2, 0) is 9.53 Å². The van der Waals surface area contributed by atoms with E-state index in [1.165, 1.54) is 26.4 Å². The van der Waals surface area contributed by atoms with Crippen LogP contribution in [0.5, 0.6) is 17.2 Å². The number of phenols is 1. The molecule has 6 nitrogen and oxygen atoms in total. The fourth-order valence-electron chi connectivity index (χ4n) is 1.66. The minimum absolute atomic E-state index is 0. The summed E-state index contributed by atoms with van der Waals surface area (Å²) in [5, 5.41) is 9.69. The van der Waals surface area contributed by atoms with Gasteiger partial charge in [0.15, 0.2) is 11.5 Å². The Bertz CT molecular complexity index is 547. The number of hydrogen-bond donors (Lipinski definition) is 1. The Labute approximate surface area is 138 Å². The highest BCUT2D eigenvalue weighted by atomic mass is 16.5. The number of methoxy groups -OCH3 is 2. The highest BCUT2D eigenvalue weighted by molar-refractivity contribution is 5.87. The van der Waals surface area contributed by atoms with Crippen LogP contribution in [0.2, 0.25) is 0 Å². The van der Waals surface area contributed by atoms with Crippen LogP contribution < -0.4 is 9.47 Å². The lowest BCUT2D eigenvalue weighted by Gasteiger charge is -2.23. The summed E-state index contributed by atoms with van der Waals surface area (Å²) in [5.41, 5.74) is 0.612. The molecule has 0 spiro atoms. The standard InChI is InChI=1S/C16H23NO5.CH4/c1-17(2,3)8-9-22-16(19)7-6-12-10-15(21-5)13(18)11-14(12)20-4;/h6-7,10-11H,8-9H2,1-5H3;1H4/p+1. The van der Waals surface area contributed by atoms with Gasteiger partial charge < -0.3 is 23.8 Å². The molecule has 0 unspecified atom stereocenters. The molecular formula is C17H28NO5+. The Morgan fingerprint density at radius 1 is 1.17 bits per heavy atom. The molecule has 0 aliphatic rings. The molecule has 0 aromatic heterocycles. The first-order valence-electron chi connectivity index (χ1n) is 6.87. The molecule has 1 N–H and O–H groups in total. The van der Waals surface area contributed by atoms with Gasteiger partial charge in [0.25, 0.3) is 0 Å². The van der Waals surface area contributed by atoms with Gasteiger partial charge in [-0.1, -0.05) is 7.43 Å². The van der Waals surface area contributed by atoms with Crippen molar-refractivity contribution in [3.63, 3.8) is 0 Å². The van der Waals surface area contributed by atoms with Gasteiger partial charge in [-0.05, 0) is 12.1 Å². The van der Waals surface area contributed by atoms with Gasteiger partial charge in [0.05, 0.1) is 35.4 Å². The summed E-state index contributed by atoms with van der Waals surface area (Å²) < 4.78 is 16.1. The lowest BCUT2D eigenvalue weighted by Crippen LogP contribution is -2.37. The van der Waals surface area contributed by atoms with Crippen LogP contribution >= 0.6 is 0 Å². The van der Waals surface area contributed by atoms with Crippen molar-refractivity contribution < 1.29 is 28.6 Å². The van der Waals surface area contributed by atoms with Crippen LogP contribution in [0.25, 0.3) is 6.08 Å². The first-order chi connectivity index (χ1) is 10.3. The molecule has 0 aliphatic carbocycles. The van der Waals surface area contributed by atoms with E-state index in [9.17, 15) is 9.90 Å². The number of quaternary nitrogens is 1. The molecule has 0 bridgehead atoms. The number of hydrogen-bond acceptors (Lipinski definition) is 5. The van der Waals surface area contributed by atoms with Crippen molar-refractivity contribution in [1.29, 1.82) is 0 Å². The third-order valence-electron chi connectivity index (χ3n) is 2.94. The van der Waals surface area contributed by atoms with Crippen LogP contribution in [0.1, 0.15) is 13.0 Å². The number of likely N-dealkylation sites (N-methyl/N-ethyl adjacent to an activating group) is 1. The van der Waals surface area contributed by atoms with E-state index in [0.29, 0.717) is 23.7 Å². The molecule has 0 radical (unpaired) electrons. The molecule has 0 heterocycles. The van der Waals surface area contributed by atoms with Crippen LogP contribution in [0.3, 0.4) is 0 Å². The third-order valence-corrected chi connectivity index (χ3v) is 2.94. The Hall–Kier alpha value is -2.21. The van der Waals surface area contributed by atoms with Crippen molar-refractivity contribution in [2.45, 2.75) is 7.43 Å². The maximum Gasteiger partial charge on any atom is 0.330 e. The van der Waals surface area contributed by atoms with E-state index in [-0.39, 0.29) is 13.2 Å². The van der Waals surface area contributed by atoms with Gasteiger partial charge in [0, 0.05) is 17.7 Å². The van der Waals surface area contributed by atoms with E-state index in [2.05, 4.69) is 0 Å². The first-order valence-corrected chi connectivity index (χ1v) is 6.87. The summed E-state index contributed by atoms with van der Waals surface area (Å²) in [7, 11) is 9.01. The molecule has 0 atom stereocenters. The topological polar surface area (TPSA) is 65.0 Å². The number of carbonyl (C=O) groups excluding carboxylic acids is 1. The predicted molar refractivity (Wildman–Crippen MR) is 90.8 cm³/mol. The number of phenolic OH excluding ortho intramolecular Hbond substituents is 1. The SMILES string of the molecule is C.COc1cc(C=CC(=O)OCC[N+](C)(C)C)c(OC)cc1O. The molecule has 0 fully saturated rings. The number of esters is 1. The largest absolute Gasteiger partial charge is 0.504 e. The van der Waals surface area contributed by atoms with Crippen molar-refractivity contribution in [3.8, 4) is 17.2 Å². The Morgan fingerprint density at radius 3 is 2.30 bits per heavy atom. The van der Waals surface area contributed by atoms with Crippen molar-refractivity contribution in [2.24, 2.45) is 0 Å². The van der Waals surface area contributed by atoms with Gasteiger partial charge in [0.2, 0.25) is 0 Å². The Kier molecular flexibility index (Phi) is 8.18. The van der Waals surface area contributed by atoms with E-state index in [1.54, 1.807) is 12.1 Å². The van der Waals surface area contributed by atoms with Crippen LogP contribution in [0.4, 0.5) is 0 Å². The zero-order valence-electron chi connectivity index (χ0n) is 13.8. The van der Waals surface area contributed by atoms with E-state index in [1.807, 2.05) is 21.1 Å². The summed E-state index contributed by atoms with van der Waals surface area (Å²) in [4.78, 5) is 11.7. The molecule has 23 heavy (non-hydrogen) atoms. The Morgan fingerprint density at radius 2 is 1.78 bits per heavy atom. The summed E-state index contributed by atoms with van der Waals surface area (Å²) in [5.74, 6) is 0.289. The Balaban J connectivity index is 0.00000484. The number of nitrogens with zero attached hydrogens (tertiary/aromatic N) is 1. The van der Waals surface area contributed by atoms with E-state index >= 15 is 0 Å². The van der Waals surface area contributed by atoms with E-state index in [4.69, 9.17) is 14.2 Å². The fourth-order valence-corrected chi connectivity index (χ4v) is 1.66. The maximum absolute atomic E-state index is 11.7. The lowest BCUT2D eigenvalue weighted by atomic mass is 10.1. The average molecular weight is 326 g/mol. The summed E-state index contributed by atoms with van der Waals surface area (Å²) in [6.45, 7) is 1.08. The number of rotatable bonds is 7. The molecule has 0 aliphatic heterocycles. The normalized spacial score (nSPS) is 11.0. The molecular weight excluding hydrogens is 298 g/mol. The van der Waals surface area contributed by atoms with Crippen molar-refractivity contribution in [2.75, 3.05) is 48.5 Å².